The molecule has 0 saturated carbocycles. The van der Waals surface area contributed by atoms with Gasteiger partial charge in [-0.3, -0.25) is 0 Å². The third kappa shape index (κ3) is 4.13. The fourth-order valence-corrected chi connectivity index (χ4v) is 1.77. The molecule has 0 aliphatic rings. The van der Waals surface area contributed by atoms with Crippen LogP contribution in [0.3, 0.4) is 0 Å². The van der Waals surface area contributed by atoms with Crippen molar-refractivity contribution in [2.24, 2.45) is 5.92 Å². The first-order valence-corrected chi connectivity index (χ1v) is 6.21. The van der Waals surface area contributed by atoms with Crippen LogP contribution in [0.5, 0.6) is 0 Å². The van der Waals surface area contributed by atoms with Gasteiger partial charge in [-0.2, -0.15) is 0 Å². The van der Waals surface area contributed by atoms with Gasteiger partial charge in [-0.1, -0.05) is 25.4 Å². The van der Waals surface area contributed by atoms with Crippen molar-refractivity contribution in [3.8, 4) is 0 Å². The molecule has 0 aliphatic heterocycles. The third-order valence-corrected chi connectivity index (χ3v) is 3.07. The van der Waals surface area contributed by atoms with Crippen LogP contribution in [-0.4, -0.2) is 28.0 Å². The molecular weight excluding hydrogens is 238 g/mol. The molecule has 0 aromatic carbocycles. The molecule has 2 N–H and O–H groups in total. The number of hydrogen-bond donors (Lipinski definition) is 2. The molecule has 96 valence electrons. The summed E-state index contributed by atoms with van der Waals surface area (Å²) in [6.07, 6.45) is 0.402. The molecule has 0 spiro atoms. The predicted octanol–water partition coefficient (Wildman–Crippen LogP) is 2.57. The fourth-order valence-electron chi connectivity index (χ4n) is 1.59. The van der Waals surface area contributed by atoms with Crippen LogP contribution in [-0.2, 0) is 0 Å². The lowest BCUT2D eigenvalue weighted by Gasteiger charge is -2.15. The number of nitrogens with one attached hydrogen (secondary N) is 1. The normalized spacial score (nSPS) is 12.9. The topological polar surface area (TPSA) is 58.0 Å². The van der Waals surface area contributed by atoms with Crippen LogP contribution in [0.2, 0.25) is 5.15 Å². The number of anilines is 1. The standard InChI is InChI=1S/C12H20ClN3O/c1-7(2)5-10(17)6-14-12-9(4)8(3)11(13)15-16-12/h7,10,17H,5-6H2,1-4H3,(H,14,16). The Morgan fingerprint density at radius 1 is 1.24 bits per heavy atom. The summed E-state index contributed by atoms with van der Waals surface area (Å²) in [5, 5.41) is 21.1. The number of aromatic nitrogens is 2. The van der Waals surface area contributed by atoms with Crippen LogP contribution in [0, 0.1) is 19.8 Å². The maximum Gasteiger partial charge on any atom is 0.155 e. The molecule has 1 atom stereocenters. The zero-order valence-corrected chi connectivity index (χ0v) is 11.5. The van der Waals surface area contributed by atoms with Gasteiger partial charge in [0.2, 0.25) is 0 Å². The average Bonchev–Trinajstić information content (AvgIpc) is 2.24. The quantitative estimate of drug-likeness (QED) is 0.851. The number of aliphatic hydroxyl groups excluding tert-OH is 1. The molecule has 5 heteroatoms. The van der Waals surface area contributed by atoms with Crippen LogP contribution >= 0.6 is 11.6 Å². The Morgan fingerprint density at radius 3 is 2.47 bits per heavy atom. The van der Waals surface area contributed by atoms with E-state index in [0.29, 0.717) is 23.4 Å². The number of aliphatic hydroxyl groups is 1. The Labute approximate surface area is 107 Å². The first kappa shape index (κ1) is 14.2. The monoisotopic (exact) mass is 257 g/mol. The molecule has 1 heterocycles. The van der Waals surface area contributed by atoms with Crippen LogP contribution in [0.15, 0.2) is 0 Å². The van der Waals surface area contributed by atoms with Gasteiger partial charge in [0.05, 0.1) is 6.10 Å². The van der Waals surface area contributed by atoms with E-state index in [1.54, 1.807) is 0 Å². The highest BCUT2D eigenvalue weighted by molar-refractivity contribution is 6.30. The van der Waals surface area contributed by atoms with Crippen LogP contribution < -0.4 is 5.32 Å². The molecule has 0 amide bonds. The maximum atomic E-state index is 9.76. The van der Waals surface area contributed by atoms with E-state index in [-0.39, 0.29) is 6.10 Å². The second-order valence-corrected chi connectivity index (χ2v) is 5.11. The van der Waals surface area contributed by atoms with Gasteiger partial charge >= 0.3 is 0 Å². The number of rotatable bonds is 5. The van der Waals surface area contributed by atoms with Crippen LogP contribution in [0.25, 0.3) is 0 Å². The van der Waals surface area contributed by atoms with Crippen molar-refractivity contribution in [2.45, 2.75) is 40.2 Å². The molecule has 0 bridgehead atoms. The SMILES string of the molecule is Cc1c(Cl)nnc(NCC(O)CC(C)C)c1C. The average molecular weight is 258 g/mol. The first-order chi connectivity index (χ1) is 7.91. The zero-order chi connectivity index (χ0) is 13.0. The first-order valence-electron chi connectivity index (χ1n) is 5.83. The summed E-state index contributed by atoms with van der Waals surface area (Å²) in [4.78, 5) is 0. The minimum Gasteiger partial charge on any atom is -0.391 e. The molecule has 1 aromatic rings. The lowest BCUT2D eigenvalue weighted by Crippen LogP contribution is -2.22. The second kappa shape index (κ2) is 6.17. The molecule has 4 nitrogen and oxygen atoms in total. The molecule has 0 aliphatic carbocycles. The number of halogens is 1. The van der Waals surface area contributed by atoms with Crippen molar-refractivity contribution in [1.82, 2.24) is 10.2 Å². The van der Waals surface area contributed by atoms with E-state index in [1.807, 2.05) is 13.8 Å². The lowest BCUT2D eigenvalue weighted by atomic mass is 10.1. The summed E-state index contributed by atoms with van der Waals surface area (Å²) in [6.45, 7) is 8.49. The molecule has 17 heavy (non-hydrogen) atoms. The summed E-state index contributed by atoms with van der Waals surface area (Å²) < 4.78 is 0. The van der Waals surface area contributed by atoms with E-state index >= 15 is 0 Å². The lowest BCUT2D eigenvalue weighted by molar-refractivity contribution is 0.161. The smallest absolute Gasteiger partial charge is 0.155 e. The summed E-state index contributed by atoms with van der Waals surface area (Å²) in [5.74, 6) is 1.17. The van der Waals surface area contributed by atoms with Crippen LogP contribution in [0.4, 0.5) is 5.82 Å². The molecule has 1 unspecified atom stereocenters. The molecular formula is C12H20ClN3O. The van der Waals surface area contributed by atoms with Crippen molar-refractivity contribution in [3.05, 3.63) is 16.3 Å². The van der Waals surface area contributed by atoms with Crippen molar-refractivity contribution in [1.29, 1.82) is 0 Å². The maximum absolute atomic E-state index is 9.76. The Balaban J connectivity index is 2.61. The third-order valence-electron chi connectivity index (χ3n) is 2.71. The highest BCUT2D eigenvalue weighted by Gasteiger charge is 2.10. The van der Waals surface area contributed by atoms with Gasteiger partial charge in [0.1, 0.15) is 0 Å². The number of hydrogen-bond acceptors (Lipinski definition) is 4. The van der Waals surface area contributed by atoms with Crippen molar-refractivity contribution in [3.63, 3.8) is 0 Å². The summed E-state index contributed by atoms with van der Waals surface area (Å²) in [6, 6.07) is 0. The highest BCUT2D eigenvalue weighted by atomic mass is 35.5. The van der Waals surface area contributed by atoms with E-state index in [9.17, 15) is 5.11 Å². The Bertz CT molecular complexity index is 382. The van der Waals surface area contributed by atoms with Gasteiger partial charge in [-0.15, -0.1) is 10.2 Å². The van der Waals surface area contributed by atoms with Gasteiger partial charge in [0.15, 0.2) is 11.0 Å². The zero-order valence-electron chi connectivity index (χ0n) is 10.8. The molecule has 0 radical (unpaired) electrons. The molecule has 0 fully saturated rings. The van der Waals surface area contributed by atoms with E-state index in [2.05, 4.69) is 29.4 Å². The Kier molecular flexibility index (Phi) is 5.15. The Morgan fingerprint density at radius 2 is 1.88 bits per heavy atom. The van der Waals surface area contributed by atoms with Crippen molar-refractivity contribution in [2.75, 3.05) is 11.9 Å². The van der Waals surface area contributed by atoms with Gasteiger partial charge < -0.3 is 10.4 Å². The highest BCUT2D eigenvalue weighted by Crippen LogP contribution is 2.20. The fraction of sp³-hybridized carbons (Fsp3) is 0.667. The number of nitrogens with zero attached hydrogens (tertiary/aromatic N) is 2. The summed E-state index contributed by atoms with van der Waals surface area (Å²) >= 11 is 5.87. The van der Waals surface area contributed by atoms with Gasteiger partial charge in [-0.25, -0.2) is 0 Å². The summed E-state index contributed by atoms with van der Waals surface area (Å²) in [5.41, 5.74) is 1.89. The second-order valence-electron chi connectivity index (χ2n) is 4.75. The van der Waals surface area contributed by atoms with Gasteiger partial charge in [0.25, 0.3) is 0 Å². The largest absolute Gasteiger partial charge is 0.391 e. The van der Waals surface area contributed by atoms with E-state index in [0.717, 1.165) is 17.5 Å². The van der Waals surface area contributed by atoms with E-state index in [4.69, 9.17) is 11.6 Å². The Hall–Kier alpha value is -0.870. The minimum absolute atomic E-state index is 0.368. The van der Waals surface area contributed by atoms with Crippen LogP contribution in [0.1, 0.15) is 31.4 Å². The van der Waals surface area contributed by atoms with E-state index < -0.39 is 0 Å². The predicted molar refractivity (Wildman–Crippen MR) is 70.5 cm³/mol. The minimum atomic E-state index is -0.368. The van der Waals surface area contributed by atoms with Crippen molar-refractivity contribution >= 4 is 17.4 Å². The molecule has 1 aromatic heterocycles. The molecule has 0 saturated heterocycles. The van der Waals surface area contributed by atoms with E-state index in [1.165, 1.54) is 0 Å². The summed E-state index contributed by atoms with van der Waals surface area (Å²) in [7, 11) is 0. The molecule has 1 rings (SSSR count). The van der Waals surface area contributed by atoms with Crippen molar-refractivity contribution < 1.29 is 5.11 Å². The van der Waals surface area contributed by atoms with Gasteiger partial charge in [0, 0.05) is 6.54 Å². The van der Waals surface area contributed by atoms with Gasteiger partial charge in [-0.05, 0) is 37.3 Å².